The van der Waals surface area contributed by atoms with E-state index in [0.717, 1.165) is 27.8 Å². The molecule has 0 radical (unpaired) electrons. The molecule has 3 aromatic carbocycles. The van der Waals surface area contributed by atoms with Crippen LogP contribution in [0.1, 0.15) is 29.0 Å². The number of carboxylic acid groups (broad SMARTS) is 1. The lowest BCUT2D eigenvalue weighted by molar-refractivity contribution is -0.139. The van der Waals surface area contributed by atoms with Gasteiger partial charge in [0.05, 0.1) is 0 Å². The minimum atomic E-state index is -1.09. The molecule has 0 spiro atoms. The SMILES string of the molecule is O=C(N[C@H](CCc1ccc(Cl)cc1)C(=O)O)OCC1c2ccccc2-c2ccccc21. The number of aliphatic carboxylic acids is 1. The van der Waals surface area contributed by atoms with E-state index in [2.05, 4.69) is 17.4 Å². The predicted octanol–water partition coefficient (Wildman–Crippen LogP) is 5.26. The predicted molar refractivity (Wildman–Crippen MR) is 119 cm³/mol. The monoisotopic (exact) mass is 435 g/mol. The van der Waals surface area contributed by atoms with Crippen LogP contribution >= 0.6 is 11.6 Å². The van der Waals surface area contributed by atoms with Gasteiger partial charge in [0.2, 0.25) is 0 Å². The smallest absolute Gasteiger partial charge is 0.407 e. The number of carbonyl (C=O) groups excluding carboxylic acids is 1. The number of hydrogen-bond donors (Lipinski definition) is 2. The molecule has 4 rings (SSSR count). The lowest BCUT2D eigenvalue weighted by atomic mass is 9.98. The largest absolute Gasteiger partial charge is 0.480 e. The average Bonchev–Trinajstić information content (AvgIpc) is 3.10. The number of benzene rings is 3. The van der Waals surface area contributed by atoms with E-state index in [1.807, 2.05) is 48.5 Å². The molecule has 0 aliphatic heterocycles. The number of aryl methyl sites for hydroxylation is 1. The fourth-order valence-corrected chi connectivity index (χ4v) is 4.13. The van der Waals surface area contributed by atoms with Gasteiger partial charge >= 0.3 is 12.1 Å². The molecule has 0 unspecified atom stereocenters. The van der Waals surface area contributed by atoms with E-state index in [9.17, 15) is 14.7 Å². The molecule has 0 heterocycles. The number of carbonyl (C=O) groups is 2. The van der Waals surface area contributed by atoms with Crippen molar-refractivity contribution in [3.05, 3.63) is 94.5 Å². The second-order valence-corrected chi connectivity index (χ2v) is 7.96. The summed E-state index contributed by atoms with van der Waals surface area (Å²) in [6, 6.07) is 22.3. The fourth-order valence-electron chi connectivity index (χ4n) is 4.00. The molecule has 5 nitrogen and oxygen atoms in total. The average molecular weight is 436 g/mol. The molecule has 0 saturated heterocycles. The third-order valence-electron chi connectivity index (χ3n) is 5.57. The van der Waals surface area contributed by atoms with Gasteiger partial charge < -0.3 is 15.2 Å². The number of ether oxygens (including phenoxy) is 1. The quantitative estimate of drug-likeness (QED) is 0.530. The summed E-state index contributed by atoms with van der Waals surface area (Å²) in [7, 11) is 0. The van der Waals surface area contributed by atoms with Crippen molar-refractivity contribution >= 4 is 23.7 Å². The third kappa shape index (κ3) is 4.72. The molecule has 1 aliphatic carbocycles. The Labute approximate surface area is 185 Å². The first-order valence-electron chi connectivity index (χ1n) is 10.1. The molecule has 0 saturated carbocycles. The lowest BCUT2D eigenvalue weighted by Crippen LogP contribution is -2.41. The van der Waals surface area contributed by atoms with Gasteiger partial charge in [-0.15, -0.1) is 0 Å². The Morgan fingerprint density at radius 2 is 1.52 bits per heavy atom. The Bertz CT molecular complexity index is 1050. The summed E-state index contributed by atoms with van der Waals surface area (Å²) in [6.45, 7) is 0.142. The van der Waals surface area contributed by atoms with Crippen molar-refractivity contribution in [3.8, 4) is 11.1 Å². The van der Waals surface area contributed by atoms with Gasteiger partial charge in [-0.25, -0.2) is 9.59 Å². The van der Waals surface area contributed by atoms with Gasteiger partial charge in [-0.3, -0.25) is 0 Å². The standard InChI is InChI=1S/C25H22ClNO4/c26-17-12-9-16(10-13-17)11-14-23(24(28)29)27-25(30)31-15-22-20-7-3-1-5-18(20)19-6-2-4-8-21(19)22/h1-10,12-13,22-23H,11,14-15H2,(H,27,30)(H,28,29)/t23-/m1/s1. The molecule has 0 aromatic heterocycles. The zero-order chi connectivity index (χ0) is 21.8. The van der Waals surface area contributed by atoms with Gasteiger partial charge in [-0.05, 0) is 52.8 Å². The van der Waals surface area contributed by atoms with Crippen LogP contribution in [-0.2, 0) is 16.0 Å². The van der Waals surface area contributed by atoms with Crippen molar-refractivity contribution in [2.75, 3.05) is 6.61 Å². The number of halogens is 1. The molecular formula is C25H22ClNO4. The highest BCUT2D eigenvalue weighted by Gasteiger charge is 2.29. The molecule has 0 bridgehead atoms. The Kier molecular flexibility index (Phi) is 6.23. The zero-order valence-electron chi connectivity index (χ0n) is 16.8. The van der Waals surface area contributed by atoms with E-state index >= 15 is 0 Å². The van der Waals surface area contributed by atoms with Crippen LogP contribution in [0, 0.1) is 0 Å². The van der Waals surface area contributed by atoms with Crippen LogP contribution in [-0.4, -0.2) is 29.8 Å². The third-order valence-corrected chi connectivity index (χ3v) is 5.82. The molecule has 3 aromatic rings. The Balaban J connectivity index is 1.38. The second-order valence-electron chi connectivity index (χ2n) is 7.53. The minimum Gasteiger partial charge on any atom is -0.480 e. The van der Waals surface area contributed by atoms with Crippen LogP contribution in [0.5, 0.6) is 0 Å². The number of fused-ring (bicyclic) bond motifs is 3. The van der Waals surface area contributed by atoms with Crippen molar-refractivity contribution in [2.24, 2.45) is 0 Å². The molecule has 1 atom stereocenters. The van der Waals surface area contributed by atoms with Crippen LogP contribution in [0.15, 0.2) is 72.8 Å². The number of carboxylic acids is 1. The van der Waals surface area contributed by atoms with Crippen molar-refractivity contribution in [2.45, 2.75) is 24.8 Å². The van der Waals surface area contributed by atoms with E-state index in [-0.39, 0.29) is 18.9 Å². The summed E-state index contributed by atoms with van der Waals surface area (Å²) in [5, 5.41) is 12.6. The van der Waals surface area contributed by atoms with E-state index in [1.165, 1.54) is 0 Å². The molecule has 1 amide bonds. The summed E-state index contributed by atoms with van der Waals surface area (Å²) < 4.78 is 5.46. The maximum absolute atomic E-state index is 12.4. The van der Waals surface area contributed by atoms with E-state index in [1.54, 1.807) is 12.1 Å². The van der Waals surface area contributed by atoms with Crippen LogP contribution in [0.25, 0.3) is 11.1 Å². The number of rotatable bonds is 7. The van der Waals surface area contributed by atoms with Crippen molar-refractivity contribution in [1.82, 2.24) is 5.32 Å². The highest BCUT2D eigenvalue weighted by Crippen LogP contribution is 2.44. The fraction of sp³-hybridized carbons (Fsp3) is 0.200. The Morgan fingerprint density at radius 3 is 2.10 bits per heavy atom. The van der Waals surface area contributed by atoms with E-state index in [0.29, 0.717) is 11.4 Å². The van der Waals surface area contributed by atoms with Gasteiger partial charge in [0.15, 0.2) is 0 Å². The van der Waals surface area contributed by atoms with Gasteiger partial charge in [-0.2, -0.15) is 0 Å². The Hall–Kier alpha value is -3.31. The lowest BCUT2D eigenvalue weighted by Gasteiger charge is -2.17. The van der Waals surface area contributed by atoms with Gasteiger partial charge in [0, 0.05) is 10.9 Å². The van der Waals surface area contributed by atoms with E-state index < -0.39 is 18.1 Å². The van der Waals surface area contributed by atoms with Gasteiger partial charge in [-0.1, -0.05) is 72.3 Å². The minimum absolute atomic E-state index is 0.0736. The molecule has 6 heteroatoms. The number of hydrogen-bond acceptors (Lipinski definition) is 3. The van der Waals surface area contributed by atoms with Gasteiger partial charge in [0.1, 0.15) is 12.6 Å². The summed E-state index contributed by atoms with van der Waals surface area (Å²) in [6.07, 6.45) is 0.0178. The van der Waals surface area contributed by atoms with Crippen molar-refractivity contribution in [3.63, 3.8) is 0 Å². The molecule has 1 aliphatic rings. The van der Waals surface area contributed by atoms with Crippen LogP contribution < -0.4 is 5.32 Å². The summed E-state index contributed by atoms with van der Waals surface area (Å²) >= 11 is 5.88. The first-order valence-corrected chi connectivity index (χ1v) is 10.5. The van der Waals surface area contributed by atoms with Gasteiger partial charge in [0.25, 0.3) is 0 Å². The summed E-state index contributed by atoms with van der Waals surface area (Å²) in [5.74, 6) is -1.17. The highest BCUT2D eigenvalue weighted by atomic mass is 35.5. The second kappa shape index (κ2) is 9.23. The first kappa shape index (κ1) is 20.9. The number of amides is 1. The first-order chi connectivity index (χ1) is 15.0. The highest BCUT2D eigenvalue weighted by molar-refractivity contribution is 6.30. The number of nitrogens with one attached hydrogen (secondary N) is 1. The summed E-state index contributed by atoms with van der Waals surface area (Å²) in [5.41, 5.74) is 5.44. The van der Waals surface area contributed by atoms with Crippen LogP contribution in [0.4, 0.5) is 4.79 Å². The number of alkyl carbamates (subject to hydrolysis) is 1. The molecule has 158 valence electrons. The maximum atomic E-state index is 12.4. The summed E-state index contributed by atoms with van der Waals surface area (Å²) in [4.78, 5) is 24.0. The molecule has 31 heavy (non-hydrogen) atoms. The zero-order valence-corrected chi connectivity index (χ0v) is 17.5. The molecule has 2 N–H and O–H groups in total. The van der Waals surface area contributed by atoms with Crippen molar-refractivity contribution < 1.29 is 19.4 Å². The van der Waals surface area contributed by atoms with Crippen molar-refractivity contribution in [1.29, 1.82) is 0 Å². The topological polar surface area (TPSA) is 75.6 Å². The maximum Gasteiger partial charge on any atom is 0.407 e. The van der Waals surface area contributed by atoms with Crippen LogP contribution in [0.3, 0.4) is 0 Å². The van der Waals surface area contributed by atoms with E-state index in [4.69, 9.17) is 16.3 Å². The normalized spacial score (nSPS) is 13.2. The molecular weight excluding hydrogens is 414 g/mol. The Morgan fingerprint density at radius 1 is 0.935 bits per heavy atom. The van der Waals surface area contributed by atoms with Crippen LogP contribution in [0.2, 0.25) is 5.02 Å². The molecule has 0 fully saturated rings.